The summed E-state index contributed by atoms with van der Waals surface area (Å²) in [6.45, 7) is 6.57. The number of benzene rings is 1. The van der Waals surface area contributed by atoms with Crippen LogP contribution in [0.15, 0.2) is 34.9 Å². The van der Waals surface area contributed by atoms with Gasteiger partial charge in [-0.1, -0.05) is 19.9 Å². The Labute approximate surface area is 132 Å². The smallest absolute Gasteiger partial charge is 0.223 e. The molecule has 0 aliphatic carbocycles. The molecular weight excluding hydrogens is 335 g/mol. The van der Waals surface area contributed by atoms with Gasteiger partial charge in [0.1, 0.15) is 11.6 Å². The number of halogens is 2. The number of aromatic nitrogens is 1. The molecule has 1 N–H and O–H groups in total. The number of hydrogen-bond donors (Lipinski definition) is 1. The lowest BCUT2D eigenvalue weighted by molar-refractivity contribution is 0.443. The van der Waals surface area contributed by atoms with Gasteiger partial charge >= 0.3 is 0 Å². The highest BCUT2D eigenvalue weighted by atomic mass is 79.9. The van der Waals surface area contributed by atoms with Crippen molar-refractivity contribution in [2.75, 3.05) is 0 Å². The third-order valence-corrected chi connectivity index (χ3v) is 3.51. The average molecular weight is 353 g/mol. The Bertz CT molecular complexity index is 632. The van der Waals surface area contributed by atoms with Crippen LogP contribution in [0.3, 0.4) is 0 Å². The first kappa shape index (κ1) is 15.9. The molecule has 0 saturated carbocycles. The van der Waals surface area contributed by atoms with Crippen molar-refractivity contribution in [2.24, 2.45) is 0 Å². The molecule has 0 fully saturated rings. The number of pyridine rings is 1. The summed E-state index contributed by atoms with van der Waals surface area (Å²) in [6, 6.07) is 7.53. The number of ether oxygens (including phenoxy) is 1. The van der Waals surface area contributed by atoms with Crippen molar-refractivity contribution >= 4 is 15.9 Å². The van der Waals surface area contributed by atoms with Crippen LogP contribution >= 0.6 is 15.9 Å². The zero-order valence-electron chi connectivity index (χ0n) is 12.3. The molecule has 0 bridgehead atoms. The molecule has 1 heterocycles. The van der Waals surface area contributed by atoms with Crippen LogP contribution in [0, 0.1) is 12.7 Å². The molecule has 21 heavy (non-hydrogen) atoms. The number of hydrogen-bond acceptors (Lipinski definition) is 3. The first-order valence-corrected chi connectivity index (χ1v) is 7.57. The largest absolute Gasteiger partial charge is 0.438 e. The molecule has 3 nitrogen and oxygen atoms in total. The van der Waals surface area contributed by atoms with Gasteiger partial charge in [0.15, 0.2) is 0 Å². The molecule has 0 amide bonds. The average Bonchev–Trinajstić information content (AvgIpc) is 2.41. The lowest BCUT2D eigenvalue weighted by Gasteiger charge is -2.13. The Morgan fingerprint density at radius 2 is 2.10 bits per heavy atom. The SMILES string of the molecule is Cc1ccc(Oc2ncc(F)cc2CNC(C)C)c(Br)c1. The second kappa shape index (κ2) is 7.00. The molecule has 0 radical (unpaired) electrons. The molecule has 5 heteroatoms. The monoisotopic (exact) mass is 352 g/mol. The summed E-state index contributed by atoms with van der Waals surface area (Å²) >= 11 is 3.46. The van der Waals surface area contributed by atoms with E-state index in [1.807, 2.05) is 39.0 Å². The molecule has 2 aromatic rings. The van der Waals surface area contributed by atoms with Gasteiger partial charge in [-0.05, 0) is 46.6 Å². The Hall–Kier alpha value is -1.46. The van der Waals surface area contributed by atoms with Gasteiger partial charge in [0.25, 0.3) is 0 Å². The highest BCUT2D eigenvalue weighted by Crippen LogP contribution is 2.31. The molecule has 0 unspecified atom stereocenters. The van der Waals surface area contributed by atoms with E-state index in [-0.39, 0.29) is 5.82 Å². The second-order valence-corrected chi connectivity index (χ2v) is 6.04. The van der Waals surface area contributed by atoms with Crippen LogP contribution in [0.1, 0.15) is 25.0 Å². The van der Waals surface area contributed by atoms with Gasteiger partial charge < -0.3 is 10.1 Å². The van der Waals surface area contributed by atoms with Crippen LogP contribution in [0.2, 0.25) is 0 Å². The van der Waals surface area contributed by atoms with Crippen LogP contribution in [0.5, 0.6) is 11.6 Å². The van der Waals surface area contributed by atoms with E-state index in [1.54, 1.807) is 0 Å². The third-order valence-electron chi connectivity index (χ3n) is 2.89. The molecule has 0 spiro atoms. The summed E-state index contributed by atoms with van der Waals surface area (Å²) < 4.78 is 20.0. The Morgan fingerprint density at radius 1 is 1.33 bits per heavy atom. The minimum Gasteiger partial charge on any atom is -0.438 e. The quantitative estimate of drug-likeness (QED) is 0.854. The van der Waals surface area contributed by atoms with Crippen molar-refractivity contribution in [3.63, 3.8) is 0 Å². The zero-order valence-corrected chi connectivity index (χ0v) is 13.9. The molecule has 0 saturated heterocycles. The fourth-order valence-corrected chi connectivity index (χ4v) is 2.37. The number of nitrogens with one attached hydrogen (secondary N) is 1. The number of nitrogens with zero attached hydrogens (tertiary/aromatic N) is 1. The van der Waals surface area contributed by atoms with E-state index in [2.05, 4.69) is 26.2 Å². The van der Waals surface area contributed by atoms with Crippen molar-refractivity contribution in [2.45, 2.75) is 33.4 Å². The van der Waals surface area contributed by atoms with Crippen LogP contribution in [-0.4, -0.2) is 11.0 Å². The van der Waals surface area contributed by atoms with Gasteiger partial charge in [-0.2, -0.15) is 0 Å². The minimum atomic E-state index is -0.370. The molecule has 1 aromatic heterocycles. The minimum absolute atomic E-state index is 0.298. The van der Waals surface area contributed by atoms with E-state index in [1.165, 1.54) is 6.07 Å². The first-order valence-electron chi connectivity index (χ1n) is 6.77. The van der Waals surface area contributed by atoms with Crippen molar-refractivity contribution in [1.82, 2.24) is 10.3 Å². The van der Waals surface area contributed by atoms with Gasteiger partial charge in [-0.15, -0.1) is 0 Å². The zero-order chi connectivity index (χ0) is 15.4. The predicted molar refractivity (Wildman–Crippen MR) is 85.1 cm³/mol. The highest BCUT2D eigenvalue weighted by Gasteiger charge is 2.11. The number of aryl methyl sites for hydroxylation is 1. The fraction of sp³-hybridized carbons (Fsp3) is 0.312. The summed E-state index contributed by atoms with van der Waals surface area (Å²) in [6.07, 6.45) is 1.16. The van der Waals surface area contributed by atoms with Crippen LogP contribution < -0.4 is 10.1 Å². The maximum atomic E-state index is 13.4. The molecule has 2 rings (SSSR count). The van der Waals surface area contributed by atoms with Crippen molar-refractivity contribution in [3.8, 4) is 11.6 Å². The maximum Gasteiger partial charge on any atom is 0.223 e. The lowest BCUT2D eigenvalue weighted by Crippen LogP contribution is -2.22. The summed E-state index contributed by atoms with van der Waals surface area (Å²) in [5, 5.41) is 3.24. The maximum absolute atomic E-state index is 13.4. The Morgan fingerprint density at radius 3 is 2.76 bits per heavy atom. The van der Waals surface area contributed by atoms with Crippen LogP contribution in [0.25, 0.3) is 0 Å². The van der Waals surface area contributed by atoms with Crippen molar-refractivity contribution in [3.05, 3.63) is 51.9 Å². The van der Waals surface area contributed by atoms with Gasteiger partial charge in [-0.25, -0.2) is 9.37 Å². The molecule has 112 valence electrons. The molecule has 1 aromatic carbocycles. The highest BCUT2D eigenvalue weighted by molar-refractivity contribution is 9.10. The normalized spacial score (nSPS) is 11.0. The van der Waals surface area contributed by atoms with Crippen molar-refractivity contribution < 1.29 is 9.13 Å². The van der Waals surface area contributed by atoms with E-state index >= 15 is 0 Å². The fourth-order valence-electron chi connectivity index (χ4n) is 1.79. The van der Waals surface area contributed by atoms with E-state index in [0.717, 1.165) is 16.2 Å². The summed E-state index contributed by atoms with van der Waals surface area (Å²) in [7, 11) is 0. The molecular formula is C16H18BrFN2O. The third kappa shape index (κ3) is 4.51. The predicted octanol–water partition coefficient (Wildman–Crippen LogP) is 4.58. The summed E-state index contributed by atoms with van der Waals surface area (Å²) in [5.41, 5.74) is 1.82. The summed E-state index contributed by atoms with van der Waals surface area (Å²) in [5.74, 6) is 0.700. The van der Waals surface area contributed by atoms with Gasteiger partial charge in [0.05, 0.1) is 10.7 Å². The van der Waals surface area contributed by atoms with E-state index in [9.17, 15) is 4.39 Å². The second-order valence-electron chi connectivity index (χ2n) is 5.19. The van der Waals surface area contributed by atoms with E-state index < -0.39 is 0 Å². The first-order chi connectivity index (χ1) is 9.95. The molecule has 0 atom stereocenters. The van der Waals surface area contributed by atoms with Gasteiger partial charge in [0.2, 0.25) is 5.88 Å². The molecule has 0 aliphatic heterocycles. The van der Waals surface area contributed by atoms with Gasteiger partial charge in [0, 0.05) is 18.2 Å². The Balaban J connectivity index is 2.26. The molecule has 0 aliphatic rings. The van der Waals surface area contributed by atoms with E-state index in [0.29, 0.717) is 29.8 Å². The Kier molecular flexibility index (Phi) is 5.31. The van der Waals surface area contributed by atoms with Crippen LogP contribution in [-0.2, 0) is 6.54 Å². The number of rotatable bonds is 5. The van der Waals surface area contributed by atoms with Crippen molar-refractivity contribution in [1.29, 1.82) is 0 Å². The topological polar surface area (TPSA) is 34.1 Å². The van der Waals surface area contributed by atoms with Gasteiger partial charge in [-0.3, -0.25) is 0 Å². The van der Waals surface area contributed by atoms with Crippen LogP contribution in [0.4, 0.5) is 4.39 Å². The summed E-state index contributed by atoms with van der Waals surface area (Å²) in [4.78, 5) is 4.06. The lowest BCUT2D eigenvalue weighted by atomic mass is 10.2. The van der Waals surface area contributed by atoms with E-state index in [4.69, 9.17) is 4.74 Å². The standard InChI is InChI=1S/C16H18BrFN2O/c1-10(2)19-8-12-7-13(18)9-20-16(12)21-15-5-4-11(3)6-14(15)17/h4-7,9-10,19H,8H2,1-3H3.